The van der Waals surface area contributed by atoms with Crippen LogP contribution in [0.1, 0.15) is 37.6 Å². The number of imidazole rings is 1. The fourth-order valence-corrected chi connectivity index (χ4v) is 2.03. The van der Waals surface area contributed by atoms with E-state index in [1.807, 2.05) is 12.5 Å². The summed E-state index contributed by atoms with van der Waals surface area (Å²) in [5.41, 5.74) is 9.69. The molecule has 3 nitrogen and oxygen atoms in total. The maximum absolute atomic E-state index is 6.11. The first-order valence-electron chi connectivity index (χ1n) is 6.14. The lowest BCUT2D eigenvalue weighted by atomic mass is 10.1. The van der Waals surface area contributed by atoms with Crippen LogP contribution < -0.4 is 5.73 Å². The van der Waals surface area contributed by atoms with Crippen molar-refractivity contribution in [1.82, 2.24) is 9.55 Å². The highest BCUT2D eigenvalue weighted by Crippen LogP contribution is 2.21. The van der Waals surface area contributed by atoms with Crippen molar-refractivity contribution < 1.29 is 0 Å². The summed E-state index contributed by atoms with van der Waals surface area (Å²) < 4.78 is 2.10. The molecule has 0 saturated heterocycles. The second-order valence-electron chi connectivity index (χ2n) is 4.19. The van der Waals surface area contributed by atoms with E-state index >= 15 is 0 Å². The Morgan fingerprint density at radius 2 is 2.06 bits per heavy atom. The van der Waals surface area contributed by atoms with Gasteiger partial charge in [-0.2, -0.15) is 0 Å². The number of hydrogen-bond acceptors (Lipinski definition) is 2. The van der Waals surface area contributed by atoms with Crippen LogP contribution >= 0.6 is 0 Å². The van der Waals surface area contributed by atoms with Crippen LogP contribution in [0.4, 0.5) is 0 Å². The highest BCUT2D eigenvalue weighted by atomic mass is 15.1. The van der Waals surface area contributed by atoms with Gasteiger partial charge in [0, 0.05) is 6.04 Å². The molecule has 0 bridgehead atoms. The Balaban J connectivity index is 2.49. The number of rotatable bonds is 4. The number of nitrogens with two attached hydrogens (primary N) is 1. The van der Waals surface area contributed by atoms with Gasteiger partial charge in [0.1, 0.15) is 0 Å². The summed E-state index contributed by atoms with van der Waals surface area (Å²) in [7, 11) is 0. The standard InChI is InChI=1S/C14H19N3/c1-3-11-7-5-6-8-13(11)17-10-16-9-14(17)12(15)4-2/h5-10,12H,3-4,15H2,1-2H3/t12-/m1/s1. The number of para-hydroxylation sites is 1. The minimum atomic E-state index is 0.0439. The molecule has 17 heavy (non-hydrogen) atoms. The van der Waals surface area contributed by atoms with Crippen LogP contribution in [0.5, 0.6) is 0 Å². The third-order valence-electron chi connectivity index (χ3n) is 3.12. The second-order valence-corrected chi connectivity index (χ2v) is 4.19. The van der Waals surface area contributed by atoms with Crippen LogP contribution in [-0.4, -0.2) is 9.55 Å². The first-order chi connectivity index (χ1) is 8.27. The first-order valence-corrected chi connectivity index (χ1v) is 6.14. The summed E-state index contributed by atoms with van der Waals surface area (Å²) >= 11 is 0. The summed E-state index contributed by atoms with van der Waals surface area (Å²) in [6, 6.07) is 8.43. The van der Waals surface area contributed by atoms with Gasteiger partial charge in [-0.3, -0.25) is 0 Å². The van der Waals surface area contributed by atoms with Crippen molar-refractivity contribution in [1.29, 1.82) is 0 Å². The molecule has 0 spiro atoms. The van der Waals surface area contributed by atoms with Gasteiger partial charge in [0.2, 0.25) is 0 Å². The van der Waals surface area contributed by atoms with E-state index < -0.39 is 0 Å². The smallest absolute Gasteiger partial charge is 0.0994 e. The van der Waals surface area contributed by atoms with Gasteiger partial charge < -0.3 is 10.3 Å². The number of aromatic nitrogens is 2. The molecule has 1 aromatic carbocycles. The van der Waals surface area contributed by atoms with E-state index in [4.69, 9.17) is 5.73 Å². The Hall–Kier alpha value is -1.61. The van der Waals surface area contributed by atoms with Crippen LogP contribution in [-0.2, 0) is 6.42 Å². The zero-order valence-corrected chi connectivity index (χ0v) is 10.4. The van der Waals surface area contributed by atoms with Gasteiger partial charge in [-0.25, -0.2) is 4.98 Å². The van der Waals surface area contributed by atoms with Gasteiger partial charge in [0.05, 0.1) is 23.9 Å². The number of aryl methyl sites for hydroxylation is 1. The molecular weight excluding hydrogens is 210 g/mol. The van der Waals surface area contributed by atoms with E-state index in [0.29, 0.717) is 0 Å². The lowest BCUT2D eigenvalue weighted by Crippen LogP contribution is -2.14. The molecule has 90 valence electrons. The summed E-state index contributed by atoms with van der Waals surface area (Å²) in [6.07, 6.45) is 5.63. The van der Waals surface area contributed by atoms with Gasteiger partial charge in [-0.05, 0) is 24.5 Å². The predicted octanol–water partition coefficient (Wildman–Crippen LogP) is 2.84. The maximum atomic E-state index is 6.11. The fraction of sp³-hybridized carbons (Fsp3) is 0.357. The van der Waals surface area contributed by atoms with Crippen molar-refractivity contribution in [2.24, 2.45) is 5.73 Å². The molecule has 2 N–H and O–H groups in total. The molecule has 2 aromatic rings. The lowest BCUT2D eigenvalue weighted by Gasteiger charge is -2.15. The van der Waals surface area contributed by atoms with Crippen molar-refractivity contribution in [2.75, 3.05) is 0 Å². The van der Waals surface area contributed by atoms with E-state index in [1.54, 1.807) is 0 Å². The monoisotopic (exact) mass is 229 g/mol. The Kier molecular flexibility index (Phi) is 3.59. The van der Waals surface area contributed by atoms with Crippen molar-refractivity contribution in [3.05, 3.63) is 48.0 Å². The summed E-state index contributed by atoms with van der Waals surface area (Å²) in [5, 5.41) is 0. The van der Waals surface area contributed by atoms with Gasteiger partial charge in [0.25, 0.3) is 0 Å². The van der Waals surface area contributed by atoms with E-state index in [0.717, 1.165) is 18.5 Å². The fourth-order valence-electron chi connectivity index (χ4n) is 2.03. The van der Waals surface area contributed by atoms with Crippen LogP contribution in [0.2, 0.25) is 0 Å². The Labute approximate surface area is 102 Å². The molecule has 2 rings (SSSR count). The highest BCUT2D eigenvalue weighted by Gasteiger charge is 2.12. The van der Waals surface area contributed by atoms with Crippen molar-refractivity contribution in [3.8, 4) is 5.69 Å². The minimum Gasteiger partial charge on any atom is -0.323 e. The molecule has 0 aliphatic carbocycles. The molecule has 0 unspecified atom stereocenters. The van der Waals surface area contributed by atoms with Crippen LogP contribution in [0.15, 0.2) is 36.8 Å². The van der Waals surface area contributed by atoms with Gasteiger partial charge in [-0.15, -0.1) is 0 Å². The number of hydrogen-bond donors (Lipinski definition) is 1. The van der Waals surface area contributed by atoms with E-state index in [-0.39, 0.29) is 6.04 Å². The second kappa shape index (κ2) is 5.15. The molecule has 1 aromatic heterocycles. The molecule has 0 fully saturated rings. The molecule has 0 amide bonds. The highest BCUT2D eigenvalue weighted by molar-refractivity contribution is 5.42. The van der Waals surface area contributed by atoms with Crippen molar-refractivity contribution in [3.63, 3.8) is 0 Å². The Morgan fingerprint density at radius 3 is 2.76 bits per heavy atom. The SMILES string of the molecule is CCc1ccccc1-n1cncc1[C@H](N)CC. The molecular formula is C14H19N3. The molecule has 0 radical (unpaired) electrons. The van der Waals surface area contributed by atoms with Crippen molar-refractivity contribution >= 4 is 0 Å². The third-order valence-corrected chi connectivity index (χ3v) is 3.12. The molecule has 0 aliphatic rings. The topological polar surface area (TPSA) is 43.8 Å². The van der Waals surface area contributed by atoms with Crippen LogP contribution in [0.3, 0.4) is 0 Å². The Bertz CT molecular complexity index is 488. The number of nitrogens with zero attached hydrogens (tertiary/aromatic N) is 2. The van der Waals surface area contributed by atoms with E-state index in [2.05, 4.69) is 47.7 Å². The minimum absolute atomic E-state index is 0.0439. The number of benzene rings is 1. The molecule has 1 atom stereocenters. The maximum Gasteiger partial charge on any atom is 0.0994 e. The average molecular weight is 229 g/mol. The third kappa shape index (κ3) is 2.24. The van der Waals surface area contributed by atoms with E-state index in [1.165, 1.54) is 11.3 Å². The van der Waals surface area contributed by atoms with Gasteiger partial charge in [0.15, 0.2) is 0 Å². The molecule has 3 heteroatoms. The Morgan fingerprint density at radius 1 is 1.29 bits per heavy atom. The lowest BCUT2D eigenvalue weighted by molar-refractivity contribution is 0.658. The van der Waals surface area contributed by atoms with Crippen LogP contribution in [0, 0.1) is 0 Å². The molecule has 0 aliphatic heterocycles. The zero-order valence-electron chi connectivity index (χ0n) is 10.4. The van der Waals surface area contributed by atoms with Gasteiger partial charge >= 0.3 is 0 Å². The molecule has 0 saturated carbocycles. The summed E-state index contributed by atoms with van der Waals surface area (Å²) in [5.74, 6) is 0. The summed E-state index contributed by atoms with van der Waals surface area (Å²) in [6.45, 7) is 4.25. The van der Waals surface area contributed by atoms with Crippen molar-refractivity contribution in [2.45, 2.75) is 32.7 Å². The quantitative estimate of drug-likeness (QED) is 0.876. The van der Waals surface area contributed by atoms with Crippen LogP contribution in [0.25, 0.3) is 5.69 Å². The van der Waals surface area contributed by atoms with Gasteiger partial charge in [-0.1, -0.05) is 32.0 Å². The first kappa shape index (κ1) is 11.9. The summed E-state index contributed by atoms with van der Waals surface area (Å²) in [4.78, 5) is 4.23. The normalized spacial score (nSPS) is 12.6. The average Bonchev–Trinajstić information content (AvgIpc) is 2.86. The molecule has 1 heterocycles. The van der Waals surface area contributed by atoms with E-state index in [9.17, 15) is 0 Å². The zero-order chi connectivity index (χ0) is 12.3. The predicted molar refractivity (Wildman–Crippen MR) is 70.2 cm³/mol. The largest absolute Gasteiger partial charge is 0.323 e.